The van der Waals surface area contributed by atoms with Crippen molar-refractivity contribution in [2.75, 3.05) is 18.9 Å². The zero-order valence-corrected chi connectivity index (χ0v) is 10.4. The van der Waals surface area contributed by atoms with Crippen LogP contribution in [0, 0.1) is 0 Å². The molecule has 17 heavy (non-hydrogen) atoms. The molecular formula is C10H10Cl2N2O3. The molecule has 1 rings (SSSR count). The summed E-state index contributed by atoms with van der Waals surface area (Å²) in [6, 6.07) is 4.21. The summed E-state index contributed by atoms with van der Waals surface area (Å²) in [5, 5.41) is 11.5. The van der Waals surface area contributed by atoms with Gasteiger partial charge in [-0.25, -0.2) is 4.79 Å². The SMILES string of the molecule is CN(CC(=O)O)C(=O)Nc1cccc(Cl)c1Cl. The van der Waals surface area contributed by atoms with Crippen LogP contribution in [0.5, 0.6) is 0 Å². The predicted octanol–water partition coefficient (Wildman–Crippen LogP) is 2.54. The molecule has 0 atom stereocenters. The minimum absolute atomic E-state index is 0.214. The quantitative estimate of drug-likeness (QED) is 0.891. The minimum Gasteiger partial charge on any atom is -0.480 e. The molecular weight excluding hydrogens is 267 g/mol. The highest BCUT2D eigenvalue weighted by atomic mass is 35.5. The van der Waals surface area contributed by atoms with Crippen LogP contribution in [0.3, 0.4) is 0 Å². The highest BCUT2D eigenvalue weighted by molar-refractivity contribution is 6.43. The summed E-state index contributed by atoms with van der Waals surface area (Å²) in [6.45, 7) is -0.399. The van der Waals surface area contributed by atoms with Crippen LogP contribution < -0.4 is 5.32 Å². The number of hydrogen-bond donors (Lipinski definition) is 2. The Morgan fingerprint density at radius 2 is 2.06 bits per heavy atom. The van der Waals surface area contributed by atoms with Gasteiger partial charge in [-0.2, -0.15) is 0 Å². The van der Waals surface area contributed by atoms with Gasteiger partial charge in [0.15, 0.2) is 0 Å². The van der Waals surface area contributed by atoms with Crippen LogP contribution in [-0.2, 0) is 4.79 Å². The zero-order chi connectivity index (χ0) is 13.0. The number of urea groups is 1. The molecule has 1 aromatic rings. The van der Waals surface area contributed by atoms with Crippen LogP contribution in [0.1, 0.15) is 0 Å². The van der Waals surface area contributed by atoms with Crippen LogP contribution in [0.15, 0.2) is 18.2 Å². The molecule has 0 fully saturated rings. The van der Waals surface area contributed by atoms with Crippen LogP contribution in [0.2, 0.25) is 10.0 Å². The Morgan fingerprint density at radius 1 is 1.41 bits per heavy atom. The summed E-state index contributed by atoms with van der Waals surface area (Å²) >= 11 is 11.6. The van der Waals surface area contributed by atoms with E-state index in [1.165, 1.54) is 7.05 Å². The number of benzene rings is 1. The smallest absolute Gasteiger partial charge is 0.323 e. The number of carboxylic acids is 1. The molecule has 0 bridgehead atoms. The molecule has 0 aliphatic heterocycles. The number of carboxylic acid groups (broad SMARTS) is 1. The summed E-state index contributed by atoms with van der Waals surface area (Å²) in [4.78, 5) is 23.0. The lowest BCUT2D eigenvalue weighted by atomic mass is 10.3. The largest absolute Gasteiger partial charge is 0.480 e. The fraction of sp³-hybridized carbons (Fsp3) is 0.200. The molecule has 2 N–H and O–H groups in total. The fourth-order valence-electron chi connectivity index (χ4n) is 1.09. The van der Waals surface area contributed by atoms with Gasteiger partial charge >= 0.3 is 12.0 Å². The topological polar surface area (TPSA) is 69.6 Å². The van der Waals surface area contributed by atoms with Crippen molar-refractivity contribution in [2.24, 2.45) is 0 Å². The predicted molar refractivity (Wildman–Crippen MR) is 65.7 cm³/mol. The first-order valence-electron chi connectivity index (χ1n) is 4.59. The monoisotopic (exact) mass is 276 g/mol. The molecule has 5 nitrogen and oxygen atoms in total. The van der Waals surface area contributed by atoms with Crippen LogP contribution in [-0.4, -0.2) is 35.6 Å². The highest BCUT2D eigenvalue weighted by Crippen LogP contribution is 2.29. The number of nitrogens with one attached hydrogen (secondary N) is 1. The maximum Gasteiger partial charge on any atom is 0.323 e. The maximum atomic E-state index is 11.6. The van der Waals surface area contributed by atoms with E-state index in [2.05, 4.69) is 5.32 Å². The van der Waals surface area contributed by atoms with Crippen molar-refractivity contribution in [3.05, 3.63) is 28.2 Å². The van der Waals surface area contributed by atoms with Crippen molar-refractivity contribution in [2.45, 2.75) is 0 Å². The average molecular weight is 277 g/mol. The van der Waals surface area contributed by atoms with Gasteiger partial charge in [-0.15, -0.1) is 0 Å². The van der Waals surface area contributed by atoms with Gasteiger partial charge in [0.05, 0.1) is 15.7 Å². The van der Waals surface area contributed by atoms with Gasteiger partial charge in [0.25, 0.3) is 0 Å². The molecule has 0 saturated heterocycles. The van der Waals surface area contributed by atoms with E-state index in [4.69, 9.17) is 28.3 Å². The lowest BCUT2D eigenvalue weighted by molar-refractivity contribution is -0.137. The number of amides is 2. The normalized spacial score (nSPS) is 9.82. The van der Waals surface area contributed by atoms with Crippen molar-refractivity contribution >= 4 is 40.9 Å². The molecule has 7 heteroatoms. The first kappa shape index (κ1) is 13.6. The van der Waals surface area contributed by atoms with Crippen molar-refractivity contribution in [3.8, 4) is 0 Å². The first-order valence-corrected chi connectivity index (χ1v) is 5.35. The van der Waals surface area contributed by atoms with E-state index in [-0.39, 0.29) is 5.02 Å². The van der Waals surface area contributed by atoms with Crippen LogP contribution in [0.25, 0.3) is 0 Å². The van der Waals surface area contributed by atoms with E-state index >= 15 is 0 Å². The van der Waals surface area contributed by atoms with E-state index < -0.39 is 18.5 Å². The minimum atomic E-state index is -1.10. The van der Waals surface area contributed by atoms with E-state index in [1.807, 2.05) is 0 Å². The first-order chi connectivity index (χ1) is 7.91. The Labute approximate surface area is 108 Å². The van der Waals surface area contributed by atoms with E-state index in [1.54, 1.807) is 18.2 Å². The number of carbonyl (C=O) groups is 2. The molecule has 0 radical (unpaired) electrons. The molecule has 0 aliphatic carbocycles. The van der Waals surface area contributed by atoms with Gasteiger partial charge in [-0.1, -0.05) is 29.3 Å². The Kier molecular flexibility index (Phi) is 4.60. The number of anilines is 1. The van der Waals surface area contributed by atoms with Crippen molar-refractivity contribution in [1.29, 1.82) is 0 Å². The van der Waals surface area contributed by atoms with E-state index in [0.717, 1.165) is 4.90 Å². The lowest BCUT2D eigenvalue weighted by Crippen LogP contribution is -2.35. The molecule has 92 valence electrons. The van der Waals surface area contributed by atoms with Crippen LogP contribution >= 0.6 is 23.2 Å². The van der Waals surface area contributed by atoms with Gasteiger partial charge < -0.3 is 15.3 Å². The summed E-state index contributed by atoms with van der Waals surface area (Å²) in [6.07, 6.45) is 0. The third kappa shape index (κ3) is 3.80. The second-order valence-electron chi connectivity index (χ2n) is 3.28. The summed E-state index contributed by atoms with van der Waals surface area (Å²) in [7, 11) is 1.36. The fourth-order valence-corrected chi connectivity index (χ4v) is 1.43. The molecule has 0 unspecified atom stereocenters. The maximum absolute atomic E-state index is 11.6. The molecule has 0 saturated carbocycles. The Hall–Kier alpha value is -1.46. The molecule has 0 heterocycles. The van der Waals surface area contributed by atoms with E-state index in [0.29, 0.717) is 10.7 Å². The Balaban J connectivity index is 2.74. The number of halogens is 2. The summed E-state index contributed by atoms with van der Waals surface area (Å²) < 4.78 is 0. The Bertz CT molecular complexity index is 451. The number of hydrogen-bond acceptors (Lipinski definition) is 2. The second kappa shape index (κ2) is 5.75. The van der Waals surface area contributed by atoms with Gasteiger partial charge in [0.1, 0.15) is 6.54 Å². The highest BCUT2D eigenvalue weighted by Gasteiger charge is 2.14. The lowest BCUT2D eigenvalue weighted by Gasteiger charge is -2.16. The third-order valence-electron chi connectivity index (χ3n) is 1.91. The molecule has 2 amide bonds. The third-order valence-corrected chi connectivity index (χ3v) is 2.73. The summed E-state index contributed by atoms with van der Waals surface area (Å²) in [5.74, 6) is -1.10. The number of likely N-dealkylation sites (N-methyl/N-ethyl adjacent to an activating group) is 1. The standard InChI is InChI=1S/C10H10Cl2N2O3/c1-14(5-8(15)16)10(17)13-7-4-2-3-6(11)9(7)12/h2-4H,5H2,1H3,(H,13,17)(H,15,16). The van der Waals surface area contributed by atoms with Gasteiger partial charge in [-0.05, 0) is 12.1 Å². The zero-order valence-electron chi connectivity index (χ0n) is 8.91. The van der Waals surface area contributed by atoms with Gasteiger partial charge in [0.2, 0.25) is 0 Å². The molecule has 1 aromatic carbocycles. The van der Waals surface area contributed by atoms with Crippen molar-refractivity contribution in [1.82, 2.24) is 4.90 Å². The number of rotatable bonds is 3. The summed E-state index contributed by atoms with van der Waals surface area (Å²) in [5.41, 5.74) is 0.335. The van der Waals surface area contributed by atoms with Gasteiger partial charge in [-0.3, -0.25) is 4.79 Å². The Morgan fingerprint density at radius 3 is 2.65 bits per heavy atom. The van der Waals surface area contributed by atoms with Crippen molar-refractivity contribution in [3.63, 3.8) is 0 Å². The average Bonchev–Trinajstić information content (AvgIpc) is 2.23. The number of carbonyl (C=O) groups excluding carboxylic acids is 1. The molecule has 0 aliphatic rings. The van der Waals surface area contributed by atoms with Crippen LogP contribution in [0.4, 0.5) is 10.5 Å². The van der Waals surface area contributed by atoms with Crippen molar-refractivity contribution < 1.29 is 14.7 Å². The second-order valence-corrected chi connectivity index (χ2v) is 4.07. The molecule has 0 aromatic heterocycles. The molecule has 0 spiro atoms. The van der Waals surface area contributed by atoms with E-state index in [9.17, 15) is 9.59 Å². The number of aliphatic carboxylic acids is 1. The number of nitrogens with zero attached hydrogens (tertiary/aromatic N) is 1. The van der Waals surface area contributed by atoms with Gasteiger partial charge in [0, 0.05) is 7.05 Å².